The van der Waals surface area contributed by atoms with Gasteiger partial charge in [0.05, 0.1) is 12.0 Å². The summed E-state index contributed by atoms with van der Waals surface area (Å²) in [5.41, 5.74) is -0.755. The summed E-state index contributed by atoms with van der Waals surface area (Å²) in [5.74, 6) is -1.30. The van der Waals surface area contributed by atoms with Gasteiger partial charge >= 0.3 is 5.97 Å². The highest BCUT2D eigenvalue weighted by atomic mass is 79.9. The topological polar surface area (TPSA) is 84.7 Å². The molecule has 9 heteroatoms. The molecule has 3 heterocycles. The van der Waals surface area contributed by atoms with Crippen LogP contribution in [0.15, 0.2) is 21.5 Å². The predicted octanol–water partition coefficient (Wildman–Crippen LogP) is 2.48. The van der Waals surface area contributed by atoms with Crippen LogP contribution in [0, 0.1) is 0 Å². The molecular weight excluding hydrogens is 421 g/mol. The van der Waals surface area contributed by atoms with Crippen LogP contribution in [0.3, 0.4) is 0 Å². The number of alkyl halides is 1. The lowest BCUT2D eigenvalue weighted by molar-refractivity contribution is 0.0520. The Morgan fingerprint density at radius 3 is 2.78 bits per heavy atom. The highest BCUT2D eigenvalue weighted by Crippen LogP contribution is 2.28. The summed E-state index contributed by atoms with van der Waals surface area (Å²) in [6, 6.07) is 1.60. The van der Waals surface area contributed by atoms with Gasteiger partial charge in [0.25, 0.3) is 5.56 Å². The van der Waals surface area contributed by atoms with Crippen LogP contribution in [0.4, 0.5) is 4.39 Å². The Kier molecular flexibility index (Phi) is 6.11. The number of halogens is 2. The van der Waals surface area contributed by atoms with E-state index in [-0.39, 0.29) is 24.2 Å². The minimum Gasteiger partial charge on any atom is -0.506 e. The van der Waals surface area contributed by atoms with Gasteiger partial charge in [-0.05, 0) is 41.8 Å². The zero-order valence-electron chi connectivity index (χ0n) is 15.0. The van der Waals surface area contributed by atoms with Crippen molar-refractivity contribution in [3.05, 3.63) is 32.7 Å². The number of aromatic hydroxyl groups is 1. The van der Waals surface area contributed by atoms with Gasteiger partial charge in [-0.3, -0.25) is 9.36 Å². The lowest BCUT2D eigenvalue weighted by atomic mass is 10.1. The van der Waals surface area contributed by atoms with Gasteiger partial charge in [-0.2, -0.15) is 0 Å². The van der Waals surface area contributed by atoms with Crippen molar-refractivity contribution in [1.29, 1.82) is 0 Å². The third kappa shape index (κ3) is 4.14. The molecule has 27 heavy (non-hydrogen) atoms. The molecule has 0 atom stereocenters. The van der Waals surface area contributed by atoms with Crippen LogP contribution in [0.2, 0.25) is 0 Å². The molecular formula is C18H21BrFN3O4. The number of nitrogens with zero attached hydrogens (tertiary/aromatic N) is 3. The second kappa shape index (κ2) is 8.35. The van der Waals surface area contributed by atoms with Gasteiger partial charge in [0, 0.05) is 36.8 Å². The Morgan fingerprint density at radius 1 is 1.41 bits per heavy atom. The molecule has 1 saturated heterocycles. The van der Waals surface area contributed by atoms with Crippen LogP contribution in [0.5, 0.6) is 5.75 Å². The molecule has 0 spiro atoms. The molecule has 0 aliphatic carbocycles. The quantitative estimate of drug-likeness (QED) is 0.717. The maximum absolute atomic E-state index is 13.3. The van der Waals surface area contributed by atoms with E-state index in [2.05, 4.69) is 25.8 Å². The average molecular weight is 442 g/mol. The van der Waals surface area contributed by atoms with Gasteiger partial charge in [0.2, 0.25) is 0 Å². The van der Waals surface area contributed by atoms with Gasteiger partial charge in [-0.1, -0.05) is 0 Å². The van der Waals surface area contributed by atoms with Gasteiger partial charge in [-0.15, -0.1) is 0 Å². The summed E-state index contributed by atoms with van der Waals surface area (Å²) in [6.45, 7) is 3.75. The maximum atomic E-state index is 13.3. The summed E-state index contributed by atoms with van der Waals surface area (Å²) in [4.78, 5) is 31.5. The summed E-state index contributed by atoms with van der Waals surface area (Å²) < 4.78 is 20.2. The number of hydrogen-bond acceptors (Lipinski definition) is 6. The number of hydrogen-bond donors (Lipinski definition) is 1. The smallest absolute Gasteiger partial charge is 0.347 e. The summed E-state index contributed by atoms with van der Waals surface area (Å²) in [6.07, 6.45) is 1.71. The molecule has 2 aromatic rings. The van der Waals surface area contributed by atoms with Gasteiger partial charge in [-0.25, -0.2) is 14.2 Å². The lowest BCUT2D eigenvalue weighted by Gasteiger charge is -2.28. The van der Waals surface area contributed by atoms with Crippen molar-refractivity contribution in [3.8, 4) is 5.75 Å². The number of rotatable bonds is 5. The summed E-state index contributed by atoms with van der Waals surface area (Å²) in [7, 11) is 0. The molecule has 0 bridgehead atoms. The first-order valence-electron chi connectivity index (χ1n) is 8.87. The molecule has 1 fully saturated rings. The molecule has 0 radical (unpaired) electrons. The van der Waals surface area contributed by atoms with Crippen LogP contribution in [0.1, 0.15) is 30.1 Å². The largest absolute Gasteiger partial charge is 0.506 e. The molecule has 2 aromatic heterocycles. The zero-order valence-corrected chi connectivity index (χ0v) is 16.5. The van der Waals surface area contributed by atoms with E-state index in [9.17, 15) is 19.1 Å². The van der Waals surface area contributed by atoms with Crippen molar-refractivity contribution < 1.29 is 19.0 Å². The Labute approximate surface area is 163 Å². The summed E-state index contributed by atoms with van der Waals surface area (Å²) in [5, 5.41) is 10.8. The van der Waals surface area contributed by atoms with Crippen molar-refractivity contribution >= 4 is 32.9 Å². The number of carbonyl (C=O) groups excluding carboxylic acids is 1. The van der Waals surface area contributed by atoms with E-state index in [1.165, 1.54) is 10.8 Å². The third-order valence-corrected chi connectivity index (χ3v) is 5.11. The second-order valence-corrected chi connectivity index (χ2v) is 7.36. The summed E-state index contributed by atoms with van der Waals surface area (Å²) >= 11 is 3.29. The SMILES string of the molecule is CCOC(=O)c1c(O)c2cc(Br)cnc2n(CCN2CCC(F)CC2)c1=O. The highest BCUT2D eigenvalue weighted by molar-refractivity contribution is 9.10. The fourth-order valence-corrected chi connectivity index (χ4v) is 3.58. The van der Waals surface area contributed by atoms with Crippen LogP contribution in [-0.2, 0) is 11.3 Å². The molecule has 1 aliphatic heterocycles. The van der Waals surface area contributed by atoms with Gasteiger partial charge < -0.3 is 14.7 Å². The van der Waals surface area contributed by atoms with Gasteiger partial charge in [0.15, 0.2) is 5.56 Å². The van der Waals surface area contributed by atoms with E-state index in [0.29, 0.717) is 36.9 Å². The number of pyridine rings is 2. The Morgan fingerprint density at radius 2 is 2.11 bits per heavy atom. The zero-order chi connectivity index (χ0) is 19.6. The average Bonchev–Trinajstić information content (AvgIpc) is 2.64. The standard InChI is InChI=1S/C18H21BrFN3O4/c1-2-27-18(26)14-15(24)13-9-11(19)10-21-16(13)23(17(14)25)8-7-22-5-3-12(20)4-6-22/h9-10,12,24H,2-8H2,1H3. The number of ether oxygens (including phenoxy) is 1. The number of esters is 1. The predicted molar refractivity (Wildman–Crippen MR) is 102 cm³/mol. The molecule has 0 unspecified atom stereocenters. The van der Waals surface area contributed by atoms with E-state index in [1.54, 1.807) is 13.0 Å². The molecule has 1 N–H and O–H groups in total. The maximum Gasteiger partial charge on any atom is 0.347 e. The fraction of sp³-hybridized carbons (Fsp3) is 0.500. The molecule has 0 saturated carbocycles. The van der Waals surface area contributed by atoms with E-state index in [4.69, 9.17) is 4.74 Å². The monoisotopic (exact) mass is 441 g/mol. The van der Waals surface area contributed by atoms with E-state index in [1.807, 2.05) is 0 Å². The van der Waals surface area contributed by atoms with Crippen molar-refractivity contribution in [1.82, 2.24) is 14.5 Å². The van der Waals surface area contributed by atoms with Crippen molar-refractivity contribution in [2.24, 2.45) is 0 Å². The first-order chi connectivity index (χ1) is 12.9. The van der Waals surface area contributed by atoms with Crippen LogP contribution in [-0.4, -0.2) is 57.9 Å². The number of piperidine rings is 1. The fourth-order valence-electron chi connectivity index (χ4n) is 3.25. The normalized spacial score (nSPS) is 16.0. The molecule has 1 aliphatic rings. The van der Waals surface area contributed by atoms with Crippen molar-refractivity contribution in [2.45, 2.75) is 32.5 Å². The van der Waals surface area contributed by atoms with Crippen LogP contribution in [0.25, 0.3) is 11.0 Å². The van der Waals surface area contributed by atoms with Crippen LogP contribution >= 0.6 is 15.9 Å². The Hall–Kier alpha value is -2.00. The molecule has 0 aromatic carbocycles. The first-order valence-corrected chi connectivity index (χ1v) is 9.66. The van der Waals surface area contributed by atoms with Crippen molar-refractivity contribution in [2.75, 3.05) is 26.2 Å². The minimum atomic E-state index is -0.867. The third-order valence-electron chi connectivity index (χ3n) is 4.68. The van der Waals surface area contributed by atoms with E-state index >= 15 is 0 Å². The molecule has 146 valence electrons. The number of aromatic nitrogens is 2. The van der Waals surface area contributed by atoms with E-state index in [0.717, 1.165) is 0 Å². The van der Waals surface area contributed by atoms with Gasteiger partial charge in [0.1, 0.15) is 17.6 Å². The second-order valence-electron chi connectivity index (χ2n) is 6.44. The lowest BCUT2D eigenvalue weighted by Crippen LogP contribution is -2.38. The molecule has 7 nitrogen and oxygen atoms in total. The minimum absolute atomic E-state index is 0.0880. The number of carbonyl (C=O) groups is 1. The first kappa shape index (κ1) is 19.8. The Bertz CT molecular complexity index is 910. The Balaban J connectivity index is 2.02. The number of fused-ring (bicyclic) bond motifs is 1. The molecule has 0 amide bonds. The number of likely N-dealkylation sites (tertiary alicyclic amines) is 1. The van der Waals surface area contributed by atoms with E-state index < -0.39 is 29.0 Å². The highest BCUT2D eigenvalue weighted by Gasteiger charge is 2.25. The van der Waals surface area contributed by atoms with Crippen LogP contribution < -0.4 is 5.56 Å². The van der Waals surface area contributed by atoms with Crippen molar-refractivity contribution in [3.63, 3.8) is 0 Å². The molecule has 3 rings (SSSR count).